The lowest BCUT2D eigenvalue weighted by atomic mass is 10.0. The van der Waals surface area contributed by atoms with Gasteiger partial charge in [0, 0.05) is 32.3 Å². The van der Waals surface area contributed by atoms with Crippen molar-refractivity contribution in [2.75, 3.05) is 0 Å². The molecule has 4 aromatic rings. The molecule has 2 aromatic carbocycles. The highest BCUT2D eigenvalue weighted by atomic mass is 19.3. The van der Waals surface area contributed by atoms with Gasteiger partial charge in [0.05, 0.1) is 17.2 Å². The summed E-state index contributed by atoms with van der Waals surface area (Å²) < 4.78 is 36.1. The third kappa shape index (κ3) is 4.80. The van der Waals surface area contributed by atoms with Crippen LogP contribution in [0.3, 0.4) is 0 Å². The molecule has 0 aliphatic rings. The van der Waals surface area contributed by atoms with Crippen molar-refractivity contribution in [2.45, 2.75) is 31.9 Å². The minimum atomic E-state index is -3.51. The zero-order valence-electron chi connectivity index (χ0n) is 18.8. The number of hydrogen-bond acceptors (Lipinski definition) is 5. The first-order chi connectivity index (χ1) is 16.1. The summed E-state index contributed by atoms with van der Waals surface area (Å²) in [4.78, 5) is 23.5. The maximum Gasteiger partial charge on any atom is 0.321 e. The van der Waals surface area contributed by atoms with E-state index in [4.69, 9.17) is 4.74 Å². The van der Waals surface area contributed by atoms with E-state index in [0.29, 0.717) is 35.0 Å². The number of aryl methyl sites for hydroxylation is 1. The Bertz CT molecular complexity index is 1380. The average molecular weight is 467 g/mol. The van der Waals surface area contributed by atoms with Crippen molar-refractivity contribution >= 4 is 16.9 Å². The smallest absolute Gasteiger partial charge is 0.321 e. The largest absolute Gasteiger partial charge is 0.484 e. The number of nitrogens with zero attached hydrogens (tertiary/aromatic N) is 4. The van der Waals surface area contributed by atoms with Crippen LogP contribution >= 0.6 is 0 Å². The van der Waals surface area contributed by atoms with Crippen molar-refractivity contribution in [1.29, 1.82) is 0 Å². The Balaban J connectivity index is 1.64. The van der Waals surface area contributed by atoms with Gasteiger partial charge in [0.25, 0.3) is 5.91 Å². The quantitative estimate of drug-likeness (QED) is 0.450. The third-order valence-corrected chi connectivity index (χ3v) is 5.33. The fourth-order valence-electron chi connectivity index (χ4n) is 3.53. The molecule has 0 saturated heterocycles. The van der Waals surface area contributed by atoms with Gasteiger partial charge in [0.2, 0.25) is 5.56 Å². The first kappa shape index (κ1) is 23.1. The van der Waals surface area contributed by atoms with Crippen molar-refractivity contribution in [3.63, 3.8) is 0 Å². The number of aromatic nitrogens is 4. The molecule has 0 radical (unpaired) electrons. The summed E-state index contributed by atoms with van der Waals surface area (Å²) in [5, 5.41) is 10.7. The number of benzene rings is 2. The molecular weight excluding hydrogens is 444 g/mol. The number of pyridine rings is 1. The lowest BCUT2D eigenvalue weighted by molar-refractivity contribution is -0.144. The van der Waals surface area contributed by atoms with Gasteiger partial charge in [-0.05, 0) is 30.7 Å². The Hall–Kier alpha value is -4.08. The molecule has 0 unspecified atom stereocenters. The van der Waals surface area contributed by atoms with Gasteiger partial charge in [-0.15, -0.1) is 5.10 Å². The number of alkyl halides is 2. The zero-order valence-corrected chi connectivity index (χ0v) is 18.8. The fraction of sp³-hybridized carbons (Fsp3) is 0.250. The van der Waals surface area contributed by atoms with Crippen LogP contribution in [-0.2, 0) is 11.8 Å². The summed E-state index contributed by atoms with van der Waals surface area (Å²) in [5.41, 5.74) is 2.46. The van der Waals surface area contributed by atoms with Crippen LogP contribution in [0.2, 0.25) is 0 Å². The van der Waals surface area contributed by atoms with E-state index in [0.717, 1.165) is 0 Å². The van der Waals surface area contributed by atoms with Gasteiger partial charge in [-0.25, -0.2) is 4.68 Å². The number of amides is 1. The predicted molar refractivity (Wildman–Crippen MR) is 122 cm³/mol. The SMILES string of the molecule is C[C@H](NC(=O)C(C)(F)F)[C@H](Oc1ccc2c(c1)nnn2-c1ccc(=O)n(C)c1)c1ccccc1. The van der Waals surface area contributed by atoms with Crippen molar-refractivity contribution in [3.8, 4) is 11.4 Å². The van der Waals surface area contributed by atoms with Gasteiger partial charge in [-0.3, -0.25) is 9.59 Å². The summed E-state index contributed by atoms with van der Waals surface area (Å²) in [5.74, 6) is -4.45. The van der Waals surface area contributed by atoms with Crippen LogP contribution in [0.1, 0.15) is 25.5 Å². The number of halogens is 2. The average Bonchev–Trinajstić information content (AvgIpc) is 3.22. The van der Waals surface area contributed by atoms with E-state index < -0.39 is 24.0 Å². The second-order valence-corrected chi connectivity index (χ2v) is 8.09. The summed E-state index contributed by atoms with van der Waals surface area (Å²) in [6.07, 6.45) is 0.920. The van der Waals surface area contributed by atoms with E-state index in [1.54, 1.807) is 73.4 Å². The molecule has 1 N–H and O–H groups in total. The minimum absolute atomic E-state index is 0.141. The Labute approximate surface area is 193 Å². The Kier molecular flexibility index (Phi) is 6.14. The molecule has 2 aromatic heterocycles. The number of nitrogens with one attached hydrogen (secondary N) is 1. The number of hydrogen-bond donors (Lipinski definition) is 1. The molecule has 4 rings (SSSR count). The van der Waals surface area contributed by atoms with Crippen molar-refractivity contribution in [2.24, 2.45) is 7.05 Å². The molecule has 2 heterocycles. The maximum atomic E-state index is 13.4. The molecule has 0 saturated carbocycles. The normalized spacial score (nSPS) is 13.4. The van der Waals surface area contributed by atoms with Crippen LogP contribution in [0.4, 0.5) is 8.78 Å². The van der Waals surface area contributed by atoms with E-state index in [1.165, 1.54) is 10.6 Å². The van der Waals surface area contributed by atoms with Gasteiger partial charge in [0.15, 0.2) is 0 Å². The lowest BCUT2D eigenvalue weighted by Crippen LogP contribution is -2.46. The Morgan fingerprint density at radius 3 is 2.53 bits per heavy atom. The minimum Gasteiger partial charge on any atom is -0.484 e. The standard InChI is InChI=1S/C24H23F2N5O3/c1-15(27-23(33)24(2,25)26)22(16-7-5-4-6-8-16)34-18-10-11-20-19(13-18)28-29-31(20)17-9-12-21(32)30(3)14-17/h4-15,22H,1-3H3,(H,27,33)/t15-,22-/m0/s1. The topological polar surface area (TPSA) is 91.0 Å². The number of rotatable bonds is 7. The predicted octanol–water partition coefficient (Wildman–Crippen LogP) is 3.40. The Morgan fingerprint density at radius 2 is 1.85 bits per heavy atom. The van der Waals surface area contributed by atoms with Crippen LogP contribution in [0.15, 0.2) is 71.7 Å². The van der Waals surface area contributed by atoms with Gasteiger partial charge in [-0.1, -0.05) is 35.5 Å². The molecule has 0 aliphatic carbocycles. The molecule has 10 heteroatoms. The van der Waals surface area contributed by atoms with E-state index in [-0.39, 0.29) is 5.56 Å². The highest BCUT2D eigenvalue weighted by Gasteiger charge is 2.35. The van der Waals surface area contributed by atoms with Gasteiger partial charge in [-0.2, -0.15) is 8.78 Å². The molecule has 176 valence electrons. The number of ether oxygens (including phenoxy) is 1. The molecule has 0 fully saturated rings. The Morgan fingerprint density at radius 1 is 1.12 bits per heavy atom. The van der Waals surface area contributed by atoms with Crippen LogP contribution in [0.5, 0.6) is 5.75 Å². The second kappa shape index (κ2) is 9.05. The molecule has 34 heavy (non-hydrogen) atoms. The molecule has 2 atom stereocenters. The van der Waals surface area contributed by atoms with Gasteiger partial charge in [0.1, 0.15) is 17.4 Å². The van der Waals surface area contributed by atoms with Crippen LogP contribution in [0.25, 0.3) is 16.7 Å². The maximum absolute atomic E-state index is 13.4. The number of carbonyl (C=O) groups is 1. The molecule has 8 nitrogen and oxygen atoms in total. The molecular formula is C24H23F2N5O3. The zero-order chi connectivity index (χ0) is 24.5. The molecule has 1 amide bonds. The molecule has 0 bridgehead atoms. The third-order valence-electron chi connectivity index (χ3n) is 5.33. The van der Waals surface area contributed by atoms with Gasteiger partial charge < -0.3 is 14.6 Å². The summed E-state index contributed by atoms with van der Waals surface area (Å²) >= 11 is 0. The van der Waals surface area contributed by atoms with Crippen molar-refractivity contribution in [1.82, 2.24) is 24.9 Å². The molecule has 0 aliphatic heterocycles. The van der Waals surface area contributed by atoms with Crippen molar-refractivity contribution in [3.05, 3.63) is 82.8 Å². The van der Waals surface area contributed by atoms with Crippen molar-refractivity contribution < 1.29 is 18.3 Å². The highest BCUT2D eigenvalue weighted by Crippen LogP contribution is 2.28. The first-order valence-corrected chi connectivity index (χ1v) is 10.6. The monoisotopic (exact) mass is 467 g/mol. The van der Waals surface area contributed by atoms with Crippen LogP contribution in [-0.4, -0.2) is 37.4 Å². The van der Waals surface area contributed by atoms with Crippen LogP contribution < -0.4 is 15.6 Å². The highest BCUT2D eigenvalue weighted by molar-refractivity contribution is 5.83. The fourth-order valence-corrected chi connectivity index (χ4v) is 3.53. The van der Waals surface area contributed by atoms with E-state index >= 15 is 0 Å². The van der Waals surface area contributed by atoms with E-state index in [9.17, 15) is 18.4 Å². The number of carbonyl (C=O) groups excluding carboxylic acids is 1. The first-order valence-electron chi connectivity index (χ1n) is 10.6. The van der Waals surface area contributed by atoms with E-state index in [2.05, 4.69) is 15.6 Å². The number of fused-ring (bicyclic) bond motifs is 1. The van der Waals surface area contributed by atoms with Crippen LogP contribution in [0, 0.1) is 0 Å². The summed E-state index contributed by atoms with van der Waals surface area (Å²) in [7, 11) is 1.65. The lowest BCUT2D eigenvalue weighted by Gasteiger charge is -2.27. The van der Waals surface area contributed by atoms with Gasteiger partial charge >= 0.3 is 5.92 Å². The second-order valence-electron chi connectivity index (χ2n) is 8.09. The summed E-state index contributed by atoms with van der Waals surface area (Å²) in [6, 6.07) is 16.5. The molecule has 0 spiro atoms. The summed E-state index contributed by atoms with van der Waals surface area (Å²) in [6.45, 7) is 2.16. The van der Waals surface area contributed by atoms with E-state index in [1.807, 2.05) is 6.07 Å².